The fourth-order valence-electron chi connectivity index (χ4n) is 11.3. The Bertz CT molecular complexity index is 3240. The Morgan fingerprint density at radius 2 is 0.511 bits per heavy atom. The summed E-state index contributed by atoms with van der Waals surface area (Å²) >= 11 is 0. The highest BCUT2D eigenvalue weighted by Crippen LogP contribution is 2.38. The van der Waals surface area contributed by atoms with E-state index in [1.807, 2.05) is 243 Å². The van der Waals surface area contributed by atoms with E-state index in [0.29, 0.717) is 0 Å². The Morgan fingerprint density at radius 1 is 0.244 bits per heavy atom. The van der Waals surface area contributed by atoms with Gasteiger partial charge in [0, 0.05) is 0 Å². The molecule has 8 aromatic carbocycles. The van der Waals surface area contributed by atoms with Gasteiger partial charge in [0.25, 0.3) is 0 Å². The van der Waals surface area contributed by atoms with Crippen molar-refractivity contribution in [3.63, 3.8) is 0 Å². The summed E-state index contributed by atoms with van der Waals surface area (Å²) in [6, 6.07) is 77.8. The van der Waals surface area contributed by atoms with Crippen LogP contribution in [-0.2, 0) is 114 Å². The number of ether oxygens (including phenoxy) is 13. The lowest BCUT2D eigenvalue weighted by Gasteiger charge is -2.50. The minimum atomic E-state index is -1.76. The molecule has 0 spiro atoms. The lowest BCUT2D eigenvalue weighted by Crippen LogP contribution is -2.67. The van der Waals surface area contributed by atoms with Crippen molar-refractivity contribution >= 4 is 0 Å². The van der Waals surface area contributed by atoms with Gasteiger partial charge in [0.2, 0.25) is 0 Å². The first-order valence-electron chi connectivity index (χ1n) is 30.8. The molecular weight excluding hydrogens is 1140 g/mol. The zero-order chi connectivity index (χ0) is 61.5. The maximum absolute atomic E-state index is 13.2. The van der Waals surface area contributed by atoms with E-state index in [1.54, 1.807) is 0 Å². The van der Waals surface area contributed by atoms with E-state index >= 15 is 0 Å². The second-order valence-corrected chi connectivity index (χ2v) is 22.6. The number of aliphatic hydroxyl groups excluding tert-OH is 3. The second-order valence-electron chi connectivity index (χ2n) is 22.6. The Kier molecular flexibility index (Phi) is 24.4. The Balaban J connectivity index is 0.952. The summed E-state index contributed by atoms with van der Waals surface area (Å²) in [7, 11) is 0. The number of benzene rings is 8. The fourth-order valence-corrected chi connectivity index (χ4v) is 11.3. The molecule has 0 unspecified atom stereocenters. The quantitative estimate of drug-likeness (QED) is 0.0373. The third-order valence-electron chi connectivity index (χ3n) is 16.0. The molecule has 0 aliphatic carbocycles. The molecule has 0 saturated carbocycles. The van der Waals surface area contributed by atoms with Gasteiger partial charge in [0.15, 0.2) is 18.9 Å². The van der Waals surface area contributed by atoms with E-state index in [0.717, 1.165) is 44.5 Å². The third-order valence-corrected chi connectivity index (χ3v) is 16.0. The van der Waals surface area contributed by atoms with Gasteiger partial charge in [0.05, 0.1) is 72.7 Å². The molecule has 11 rings (SSSR count). The molecule has 0 radical (unpaired) electrons. The molecule has 3 aliphatic heterocycles. The van der Waals surface area contributed by atoms with Gasteiger partial charge in [-0.1, -0.05) is 243 Å². The van der Waals surface area contributed by atoms with Crippen LogP contribution in [0.2, 0.25) is 0 Å². The summed E-state index contributed by atoms with van der Waals surface area (Å²) in [5, 5.41) is 37.8. The van der Waals surface area contributed by atoms with Crippen molar-refractivity contribution in [1.82, 2.24) is 0 Å². The van der Waals surface area contributed by atoms with E-state index in [9.17, 15) is 15.3 Å². The van der Waals surface area contributed by atoms with Crippen molar-refractivity contribution in [3.05, 3.63) is 287 Å². The molecule has 3 N–H and O–H groups in total. The van der Waals surface area contributed by atoms with Crippen LogP contribution >= 0.6 is 0 Å². The molecule has 0 bridgehead atoms. The first-order chi connectivity index (χ1) is 44.4. The molecule has 3 heterocycles. The van der Waals surface area contributed by atoms with E-state index < -0.39 is 92.1 Å². The van der Waals surface area contributed by atoms with Gasteiger partial charge in [-0.25, -0.2) is 0 Å². The zero-order valence-corrected chi connectivity index (χ0v) is 50.2. The minimum absolute atomic E-state index is 0.0278. The topological polar surface area (TPSA) is 181 Å². The lowest BCUT2D eigenvalue weighted by atomic mass is 9.95. The standard InChI is InChI=1S/C74H80O16/c75-63-65(81-44-55-31-15-4-16-32-55)60(49-78-41-52-25-9-1-10-26-52)86-72(77)69(63)90-73-64(76)68(66(82-45-56-33-17-5-18-34-56)61(87-73)50-79-42-53-27-11-2-12-28-53)89-74-71(85-48-59-39-23-8-24-40-59)70(84-47-58-37-21-7-22-38-58)67(83-46-57-35-19-6-20-36-57)62(88-74)51-80-43-54-29-13-3-14-30-54/h1-40,60-77H,41-51H2/t60-,61-,62-,63+,64+,65-,66-,67+,68-,69+,70+,71-,72+,73-,74-/m1/s1. The van der Waals surface area contributed by atoms with Gasteiger partial charge in [-0.15, -0.1) is 0 Å². The molecule has 3 fully saturated rings. The van der Waals surface area contributed by atoms with E-state index in [2.05, 4.69) is 0 Å². The van der Waals surface area contributed by atoms with Gasteiger partial charge in [0.1, 0.15) is 73.2 Å². The average molecular weight is 1230 g/mol. The summed E-state index contributed by atoms with van der Waals surface area (Å²) < 4.78 is 88.1. The normalized spacial score (nSPS) is 26.9. The second kappa shape index (κ2) is 34.0. The predicted molar refractivity (Wildman–Crippen MR) is 333 cm³/mol. The predicted octanol–water partition coefficient (Wildman–Crippen LogP) is 10.2. The highest BCUT2D eigenvalue weighted by atomic mass is 16.8. The van der Waals surface area contributed by atoms with Crippen molar-refractivity contribution < 1.29 is 76.9 Å². The summed E-state index contributed by atoms with van der Waals surface area (Å²) in [6.45, 7) is 1.22. The van der Waals surface area contributed by atoms with Crippen LogP contribution in [0.1, 0.15) is 44.5 Å². The number of rotatable bonds is 31. The van der Waals surface area contributed by atoms with Gasteiger partial charge in [-0.3, -0.25) is 0 Å². The number of hydrogen-bond donors (Lipinski definition) is 3. The monoisotopic (exact) mass is 1220 g/mol. The summed E-state index contributed by atoms with van der Waals surface area (Å²) in [5.74, 6) is 0. The minimum Gasteiger partial charge on any atom is -0.387 e. The molecule has 8 aromatic rings. The highest BCUT2D eigenvalue weighted by molar-refractivity contribution is 5.20. The molecule has 0 aromatic heterocycles. The highest BCUT2D eigenvalue weighted by Gasteiger charge is 2.56. The Labute approximate surface area is 526 Å². The number of hydrogen-bond acceptors (Lipinski definition) is 16. The summed E-state index contributed by atoms with van der Waals surface area (Å²) in [5.41, 5.74) is 7.17. The Hall–Kier alpha value is -6.88. The van der Waals surface area contributed by atoms with Gasteiger partial charge >= 0.3 is 0 Å². The van der Waals surface area contributed by atoms with Crippen LogP contribution in [0.5, 0.6) is 0 Å². The van der Waals surface area contributed by atoms with Crippen LogP contribution in [0.15, 0.2) is 243 Å². The average Bonchev–Trinajstić information content (AvgIpc) is 0.839. The molecule has 16 nitrogen and oxygen atoms in total. The Morgan fingerprint density at radius 3 is 0.867 bits per heavy atom. The maximum atomic E-state index is 13.2. The SMILES string of the molecule is O[C@@H]1[C@@H](O[C@H]2[C@@H](O)[C@H](OCc3ccccc3)[C@@H](COCc3ccccc3)O[C@@H]2O)O[C@H](COCc2ccccc2)[C@@H](OCc2ccccc2)[C@@H]1O[C@H]1O[C@H](COCc2ccccc2)[C@H](OCc2ccccc2)[C@H](OCc2ccccc2)[C@H]1OCc1ccccc1. The van der Waals surface area contributed by atoms with Crippen molar-refractivity contribution in [2.24, 2.45) is 0 Å². The molecule has 90 heavy (non-hydrogen) atoms. The smallest absolute Gasteiger partial charge is 0.187 e. The molecule has 3 aliphatic rings. The molecular formula is C74H80O16. The van der Waals surface area contributed by atoms with Crippen LogP contribution in [0, 0.1) is 0 Å². The van der Waals surface area contributed by atoms with Crippen LogP contribution in [-0.4, -0.2) is 127 Å². The van der Waals surface area contributed by atoms with Crippen LogP contribution in [0.4, 0.5) is 0 Å². The van der Waals surface area contributed by atoms with Crippen LogP contribution in [0.3, 0.4) is 0 Å². The van der Waals surface area contributed by atoms with Crippen molar-refractivity contribution in [3.8, 4) is 0 Å². The van der Waals surface area contributed by atoms with Crippen LogP contribution in [0.25, 0.3) is 0 Å². The molecule has 3 saturated heterocycles. The van der Waals surface area contributed by atoms with Gasteiger partial charge < -0.3 is 76.9 Å². The molecule has 472 valence electrons. The molecule has 15 atom stereocenters. The van der Waals surface area contributed by atoms with E-state index in [1.165, 1.54) is 0 Å². The zero-order valence-electron chi connectivity index (χ0n) is 50.2. The van der Waals surface area contributed by atoms with Crippen LogP contribution < -0.4 is 0 Å². The fraction of sp³-hybridized carbons (Fsp3) is 0.351. The number of aliphatic hydroxyl groups is 3. The van der Waals surface area contributed by atoms with Gasteiger partial charge in [-0.05, 0) is 44.5 Å². The molecule has 16 heteroatoms. The largest absolute Gasteiger partial charge is 0.387 e. The lowest BCUT2D eigenvalue weighted by molar-refractivity contribution is -0.392. The van der Waals surface area contributed by atoms with E-state index in [4.69, 9.17) is 61.6 Å². The van der Waals surface area contributed by atoms with E-state index in [-0.39, 0.29) is 72.7 Å². The summed E-state index contributed by atoms with van der Waals surface area (Å²) in [6.07, 6.45) is -18.8. The first-order valence-corrected chi connectivity index (χ1v) is 30.8. The first kappa shape index (κ1) is 64.6. The van der Waals surface area contributed by atoms with Gasteiger partial charge in [-0.2, -0.15) is 0 Å². The third kappa shape index (κ3) is 18.4. The van der Waals surface area contributed by atoms with Crippen molar-refractivity contribution in [2.75, 3.05) is 19.8 Å². The maximum Gasteiger partial charge on any atom is 0.187 e. The summed E-state index contributed by atoms with van der Waals surface area (Å²) in [4.78, 5) is 0. The van der Waals surface area contributed by atoms with Crippen molar-refractivity contribution in [2.45, 2.75) is 145 Å². The molecule has 0 amide bonds. The van der Waals surface area contributed by atoms with Crippen molar-refractivity contribution in [1.29, 1.82) is 0 Å².